The number of nitrogens with two attached hydrogens (primary N) is 1. The lowest BCUT2D eigenvalue weighted by molar-refractivity contribution is -0.119. The molecule has 1 unspecified atom stereocenters. The smallest absolute Gasteiger partial charge is 0.227 e. The summed E-state index contributed by atoms with van der Waals surface area (Å²) >= 11 is 0. The van der Waals surface area contributed by atoms with Crippen molar-refractivity contribution in [3.8, 4) is 33.9 Å². The van der Waals surface area contributed by atoms with E-state index in [-0.39, 0.29) is 17.4 Å². The van der Waals surface area contributed by atoms with E-state index >= 15 is 0 Å². The van der Waals surface area contributed by atoms with Gasteiger partial charge in [0.2, 0.25) is 5.91 Å². The van der Waals surface area contributed by atoms with Crippen LogP contribution in [0.4, 0.5) is 10.1 Å². The van der Waals surface area contributed by atoms with Crippen molar-refractivity contribution in [3.63, 3.8) is 0 Å². The summed E-state index contributed by atoms with van der Waals surface area (Å²) in [5.41, 5.74) is 12.0. The molecule has 0 saturated heterocycles. The number of rotatable bonds is 7. The SMILES string of the molecule is CS(=O)(=O)C(N)c1cc(F)cc(-c2cccc3[nH]c(-c4n[nH]c5ccc(-c6cncc(NC(=O)C7CCCC7)c6)nc45)nc23)c1. The van der Waals surface area contributed by atoms with Crippen LogP contribution >= 0.6 is 0 Å². The summed E-state index contributed by atoms with van der Waals surface area (Å²) in [5, 5.41) is 9.11. The highest BCUT2D eigenvalue weighted by atomic mass is 32.2. The van der Waals surface area contributed by atoms with Crippen molar-refractivity contribution in [1.29, 1.82) is 0 Å². The molecule has 2 aromatic carbocycles. The number of carbonyl (C=O) groups is 1. The molecule has 1 atom stereocenters. The van der Waals surface area contributed by atoms with Crippen LogP contribution in [0.5, 0.6) is 0 Å². The zero-order valence-electron chi connectivity index (χ0n) is 24.2. The summed E-state index contributed by atoms with van der Waals surface area (Å²) in [6.07, 6.45) is 8.29. The number of halogens is 1. The van der Waals surface area contributed by atoms with Crippen molar-refractivity contribution in [1.82, 2.24) is 30.1 Å². The van der Waals surface area contributed by atoms with E-state index in [0.717, 1.165) is 43.6 Å². The lowest BCUT2D eigenvalue weighted by Crippen LogP contribution is -2.20. The number of imidazole rings is 1. The Morgan fingerprint density at radius 3 is 2.62 bits per heavy atom. The number of amides is 1. The molecule has 0 spiro atoms. The van der Waals surface area contributed by atoms with Gasteiger partial charge in [-0.2, -0.15) is 5.10 Å². The predicted molar refractivity (Wildman–Crippen MR) is 170 cm³/mol. The van der Waals surface area contributed by atoms with E-state index in [1.807, 2.05) is 24.3 Å². The number of benzene rings is 2. The van der Waals surface area contributed by atoms with Crippen LogP contribution in [0.25, 0.3) is 56.0 Å². The normalized spacial score (nSPS) is 14.7. The Morgan fingerprint density at radius 2 is 1.82 bits per heavy atom. The zero-order valence-corrected chi connectivity index (χ0v) is 25.0. The van der Waals surface area contributed by atoms with E-state index in [2.05, 4.69) is 25.5 Å². The fourth-order valence-corrected chi connectivity index (χ4v) is 6.49. The maximum absolute atomic E-state index is 14.7. The van der Waals surface area contributed by atoms with Gasteiger partial charge in [-0.05, 0) is 66.4 Å². The third-order valence-electron chi connectivity index (χ3n) is 8.19. The number of fused-ring (bicyclic) bond motifs is 2. The predicted octanol–water partition coefficient (Wildman–Crippen LogP) is 5.50. The number of sulfone groups is 1. The molecule has 0 radical (unpaired) electrons. The molecule has 1 amide bonds. The number of hydrogen-bond acceptors (Lipinski definition) is 8. The van der Waals surface area contributed by atoms with Gasteiger partial charge in [-0.15, -0.1) is 0 Å². The minimum Gasteiger partial charge on any atom is -0.336 e. The molecule has 6 aromatic rings. The number of nitrogens with one attached hydrogen (secondary N) is 3. The summed E-state index contributed by atoms with van der Waals surface area (Å²) in [4.78, 5) is 30.0. The van der Waals surface area contributed by atoms with Gasteiger partial charge < -0.3 is 16.0 Å². The molecule has 4 heterocycles. The number of hydrogen-bond donors (Lipinski definition) is 4. The zero-order chi connectivity index (χ0) is 31.3. The standard InChI is InChI=1S/C32H29FN8O3S/c1-45(43,44)30(34)19-11-18(12-21(33)13-19)23-7-4-8-25-27(23)39-31(38-25)29-28-26(40-41-29)10-9-24(37-28)20-14-22(16-35-15-20)36-32(42)17-5-2-3-6-17/h4,7-17,30H,2-3,5-6,34H2,1H3,(H,36,42)(H,38,39)(H,40,41). The molecule has 5 N–H and O–H groups in total. The maximum atomic E-state index is 14.7. The maximum Gasteiger partial charge on any atom is 0.227 e. The number of H-pyrrole nitrogens is 2. The molecule has 1 aliphatic carbocycles. The summed E-state index contributed by atoms with van der Waals surface area (Å²) in [5.74, 6) is -0.118. The Bertz CT molecular complexity index is 2210. The molecule has 228 valence electrons. The Kier molecular flexibility index (Phi) is 7.13. The van der Waals surface area contributed by atoms with Gasteiger partial charge in [-0.25, -0.2) is 22.8 Å². The Hall–Kier alpha value is -5.01. The fraction of sp³-hybridized carbons (Fsp3) is 0.219. The van der Waals surface area contributed by atoms with Crippen molar-refractivity contribution in [3.05, 3.63) is 78.4 Å². The van der Waals surface area contributed by atoms with Gasteiger partial charge in [0.25, 0.3) is 0 Å². The second-order valence-corrected chi connectivity index (χ2v) is 13.6. The first kappa shape index (κ1) is 28.7. The van der Waals surface area contributed by atoms with Gasteiger partial charge in [0.15, 0.2) is 21.4 Å². The molecule has 0 bridgehead atoms. The van der Waals surface area contributed by atoms with Gasteiger partial charge in [-0.3, -0.25) is 14.9 Å². The molecular weight excluding hydrogens is 595 g/mol. The van der Waals surface area contributed by atoms with Crippen molar-refractivity contribution >= 4 is 43.5 Å². The first-order valence-electron chi connectivity index (χ1n) is 14.5. The highest BCUT2D eigenvalue weighted by Crippen LogP contribution is 2.34. The quantitative estimate of drug-likeness (QED) is 0.180. The van der Waals surface area contributed by atoms with Crippen molar-refractivity contribution in [2.45, 2.75) is 31.1 Å². The topological polar surface area (TPSA) is 172 Å². The number of anilines is 1. The molecule has 1 fully saturated rings. The van der Waals surface area contributed by atoms with E-state index in [1.165, 1.54) is 6.07 Å². The number of nitrogens with zero attached hydrogens (tertiary/aromatic N) is 4. The van der Waals surface area contributed by atoms with Gasteiger partial charge in [0.1, 0.15) is 16.7 Å². The first-order valence-corrected chi connectivity index (χ1v) is 16.5. The Morgan fingerprint density at radius 1 is 1.00 bits per heavy atom. The number of aromatic nitrogens is 6. The van der Waals surface area contributed by atoms with E-state index in [0.29, 0.717) is 56.1 Å². The molecule has 11 nitrogen and oxygen atoms in total. The minimum atomic E-state index is -3.65. The fourth-order valence-electron chi connectivity index (χ4n) is 5.86. The van der Waals surface area contributed by atoms with Crippen LogP contribution in [0.2, 0.25) is 0 Å². The molecule has 4 aromatic heterocycles. The van der Waals surface area contributed by atoms with E-state index in [9.17, 15) is 17.6 Å². The van der Waals surface area contributed by atoms with Gasteiger partial charge >= 0.3 is 0 Å². The van der Waals surface area contributed by atoms with Crippen molar-refractivity contribution in [2.24, 2.45) is 11.7 Å². The highest BCUT2D eigenvalue weighted by molar-refractivity contribution is 7.90. The first-order chi connectivity index (χ1) is 21.6. The molecule has 7 rings (SSSR count). The number of aromatic amines is 2. The van der Waals surface area contributed by atoms with Crippen LogP contribution in [0.1, 0.15) is 36.6 Å². The lowest BCUT2D eigenvalue weighted by Gasteiger charge is -2.12. The molecular formula is C32H29FN8O3S. The third-order valence-corrected chi connectivity index (χ3v) is 9.39. The number of para-hydroxylation sites is 1. The van der Waals surface area contributed by atoms with E-state index in [1.54, 1.807) is 30.6 Å². The average molecular weight is 625 g/mol. The lowest BCUT2D eigenvalue weighted by atomic mass is 10.0. The van der Waals surface area contributed by atoms with E-state index in [4.69, 9.17) is 15.7 Å². The summed E-state index contributed by atoms with van der Waals surface area (Å²) in [6.45, 7) is 0. The number of pyridine rings is 2. The second-order valence-electron chi connectivity index (χ2n) is 11.4. The monoisotopic (exact) mass is 624 g/mol. The summed E-state index contributed by atoms with van der Waals surface area (Å²) < 4.78 is 38.8. The van der Waals surface area contributed by atoms with Gasteiger partial charge in [0.05, 0.1) is 34.1 Å². The largest absolute Gasteiger partial charge is 0.336 e. The van der Waals surface area contributed by atoms with Crippen LogP contribution in [0.3, 0.4) is 0 Å². The van der Waals surface area contributed by atoms with Gasteiger partial charge in [-0.1, -0.05) is 25.0 Å². The van der Waals surface area contributed by atoms with Crippen LogP contribution in [-0.2, 0) is 14.6 Å². The summed E-state index contributed by atoms with van der Waals surface area (Å²) in [6, 6.07) is 15.0. The second kappa shape index (κ2) is 11.2. The molecule has 1 saturated carbocycles. The van der Waals surface area contributed by atoms with Crippen LogP contribution in [0, 0.1) is 11.7 Å². The van der Waals surface area contributed by atoms with Crippen LogP contribution in [-0.4, -0.2) is 50.7 Å². The molecule has 13 heteroatoms. The number of carbonyl (C=O) groups excluding carboxylic acids is 1. The van der Waals surface area contributed by atoms with Crippen molar-refractivity contribution in [2.75, 3.05) is 11.6 Å². The average Bonchev–Trinajstić information content (AvgIpc) is 3.79. The minimum absolute atomic E-state index is 0.0175. The van der Waals surface area contributed by atoms with E-state index < -0.39 is 21.0 Å². The highest BCUT2D eigenvalue weighted by Gasteiger charge is 2.24. The Balaban J connectivity index is 1.25. The molecule has 0 aliphatic heterocycles. The Labute approximate surface area is 257 Å². The summed E-state index contributed by atoms with van der Waals surface area (Å²) in [7, 11) is -3.65. The van der Waals surface area contributed by atoms with Crippen LogP contribution in [0.15, 0.2) is 67.0 Å². The third kappa shape index (κ3) is 5.56. The van der Waals surface area contributed by atoms with Crippen LogP contribution < -0.4 is 11.1 Å². The van der Waals surface area contributed by atoms with Crippen molar-refractivity contribution < 1.29 is 17.6 Å². The van der Waals surface area contributed by atoms with Gasteiger partial charge in [0, 0.05) is 29.5 Å². The molecule has 45 heavy (non-hydrogen) atoms. The molecule has 1 aliphatic rings.